The molecule has 0 unspecified atom stereocenters. The van der Waals surface area contributed by atoms with E-state index in [2.05, 4.69) is 23.5 Å². The maximum Gasteiger partial charge on any atom is 0.00722 e. The van der Waals surface area contributed by atoms with Gasteiger partial charge in [0.1, 0.15) is 0 Å². The summed E-state index contributed by atoms with van der Waals surface area (Å²) in [5, 5.41) is 3.27. The van der Waals surface area contributed by atoms with Crippen molar-refractivity contribution in [3.05, 3.63) is 0 Å². The van der Waals surface area contributed by atoms with Crippen molar-refractivity contribution in [3.8, 4) is 0 Å². The Labute approximate surface area is 86.5 Å². The fourth-order valence-corrected chi connectivity index (χ4v) is 2.36. The van der Waals surface area contributed by atoms with Gasteiger partial charge in [-0.05, 0) is 51.7 Å². The summed E-state index contributed by atoms with van der Waals surface area (Å²) in [6.45, 7) is 5.11. The molecule has 3 heteroatoms. The van der Waals surface area contributed by atoms with Crippen molar-refractivity contribution < 1.29 is 0 Å². The van der Waals surface area contributed by atoms with Crippen LogP contribution in [-0.2, 0) is 0 Å². The molecule has 0 aromatic rings. The van der Waals surface area contributed by atoms with Crippen molar-refractivity contribution in [3.63, 3.8) is 0 Å². The zero-order chi connectivity index (χ0) is 9.52. The van der Waals surface area contributed by atoms with E-state index in [-0.39, 0.29) is 0 Å². The second-order valence-corrected chi connectivity index (χ2v) is 4.82. The SMILES string of the molecule is CNCC1CCN(CCSC)CC1. The van der Waals surface area contributed by atoms with E-state index in [0.29, 0.717) is 0 Å². The first-order valence-electron chi connectivity index (χ1n) is 5.22. The van der Waals surface area contributed by atoms with Gasteiger partial charge in [-0.1, -0.05) is 0 Å². The second-order valence-electron chi connectivity index (χ2n) is 3.84. The third-order valence-electron chi connectivity index (χ3n) is 2.81. The van der Waals surface area contributed by atoms with Gasteiger partial charge in [-0.25, -0.2) is 0 Å². The summed E-state index contributed by atoms with van der Waals surface area (Å²) in [7, 11) is 2.06. The second kappa shape index (κ2) is 6.68. The highest BCUT2D eigenvalue weighted by atomic mass is 32.2. The molecule has 78 valence electrons. The minimum atomic E-state index is 0.926. The standard InChI is InChI=1S/C10H22N2S/c1-11-9-10-3-5-12(6-4-10)7-8-13-2/h10-11H,3-9H2,1-2H3. The van der Waals surface area contributed by atoms with Gasteiger partial charge in [-0.3, -0.25) is 0 Å². The van der Waals surface area contributed by atoms with Gasteiger partial charge in [0.05, 0.1) is 0 Å². The molecule has 1 saturated heterocycles. The number of piperidine rings is 1. The number of hydrogen-bond acceptors (Lipinski definition) is 3. The van der Waals surface area contributed by atoms with E-state index in [1.54, 1.807) is 0 Å². The maximum atomic E-state index is 3.27. The minimum absolute atomic E-state index is 0.926. The summed E-state index contributed by atoms with van der Waals surface area (Å²) in [5.74, 6) is 2.21. The highest BCUT2D eigenvalue weighted by Crippen LogP contribution is 2.16. The number of likely N-dealkylation sites (tertiary alicyclic amines) is 1. The molecule has 0 saturated carbocycles. The molecule has 0 spiro atoms. The summed E-state index contributed by atoms with van der Waals surface area (Å²) >= 11 is 1.95. The highest BCUT2D eigenvalue weighted by Gasteiger charge is 2.17. The first kappa shape index (κ1) is 11.3. The summed E-state index contributed by atoms with van der Waals surface area (Å²) in [5.41, 5.74) is 0. The highest BCUT2D eigenvalue weighted by molar-refractivity contribution is 7.98. The fraction of sp³-hybridized carbons (Fsp3) is 1.00. The van der Waals surface area contributed by atoms with Crippen LogP contribution < -0.4 is 5.32 Å². The van der Waals surface area contributed by atoms with Gasteiger partial charge in [0.15, 0.2) is 0 Å². The Morgan fingerprint density at radius 1 is 1.38 bits per heavy atom. The average Bonchev–Trinajstić information content (AvgIpc) is 2.17. The van der Waals surface area contributed by atoms with Crippen LogP contribution in [0.1, 0.15) is 12.8 Å². The van der Waals surface area contributed by atoms with Crippen LogP contribution in [0.5, 0.6) is 0 Å². The molecule has 1 heterocycles. The van der Waals surface area contributed by atoms with Crippen LogP contribution in [0.25, 0.3) is 0 Å². The third-order valence-corrected chi connectivity index (χ3v) is 3.40. The van der Waals surface area contributed by atoms with Crippen molar-refractivity contribution in [2.24, 2.45) is 5.92 Å². The molecular formula is C10H22N2S. The average molecular weight is 202 g/mol. The van der Waals surface area contributed by atoms with Crippen molar-refractivity contribution in [1.29, 1.82) is 0 Å². The van der Waals surface area contributed by atoms with E-state index >= 15 is 0 Å². The lowest BCUT2D eigenvalue weighted by atomic mass is 9.97. The first-order chi connectivity index (χ1) is 6.36. The number of rotatable bonds is 5. The lowest BCUT2D eigenvalue weighted by molar-refractivity contribution is 0.193. The summed E-state index contributed by atoms with van der Waals surface area (Å²) in [4.78, 5) is 2.60. The van der Waals surface area contributed by atoms with Crippen molar-refractivity contribution in [1.82, 2.24) is 10.2 Å². The Balaban J connectivity index is 2.08. The molecule has 0 radical (unpaired) electrons. The molecule has 1 fully saturated rings. The van der Waals surface area contributed by atoms with Crippen molar-refractivity contribution >= 4 is 11.8 Å². The predicted octanol–water partition coefficient (Wildman–Crippen LogP) is 1.28. The molecular weight excluding hydrogens is 180 g/mol. The van der Waals surface area contributed by atoms with Gasteiger partial charge < -0.3 is 10.2 Å². The van der Waals surface area contributed by atoms with Gasteiger partial charge in [-0.2, -0.15) is 11.8 Å². The Morgan fingerprint density at radius 2 is 2.08 bits per heavy atom. The predicted molar refractivity (Wildman–Crippen MR) is 61.5 cm³/mol. The van der Waals surface area contributed by atoms with Gasteiger partial charge in [0.2, 0.25) is 0 Å². The van der Waals surface area contributed by atoms with Gasteiger partial charge in [0, 0.05) is 12.3 Å². The zero-order valence-electron chi connectivity index (χ0n) is 8.88. The van der Waals surface area contributed by atoms with E-state index in [0.717, 1.165) is 5.92 Å². The van der Waals surface area contributed by atoms with Crippen molar-refractivity contribution in [2.45, 2.75) is 12.8 Å². The van der Waals surface area contributed by atoms with E-state index < -0.39 is 0 Å². The van der Waals surface area contributed by atoms with E-state index in [1.807, 2.05) is 11.8 Å². The maximum absolute atomic E-state index is 3.27. The molecule has 1 rings (SSSR count). The number of nitrogens with zero attached hydrogens (tertiary/aromatic N) is 1. The molecule has 0 aromatic carbocycles. The molecule has 0 aliphatic carbocycles. The van der Waals surface area contributed by atoms with Gasteiger partial charge in [0.25, 0.3) is 0 Å². The Morgan fingerprint density at radius 3 is 2.62 bits per heavy atom. The minimum Gasteiger partial charge on any atom is -0.319 e. The van der Waals surface area contributed by atoms with Gasteiger partial charge in [-0.15, -0.1) is 0 Å². The Bertz CT molecular complexity index is 122. The summed E-state index contributed by atoms with van der Waals surface area (Å²) < 4.78 is 0. The lowest BCUT2D eigenvalue weighted by Gasteiger charge is -2.31. The lowest BCUT2D eigenvalue weighted by Crippen LogP contribution is -2.37. The molecule has 2 nitrogen and oxygen atoms in total. The molecule has 1 N–H and O–H groups in total. The van der Waals surface area contributed by atoms with Crippen LogP contribution in [0.4, 0.5) is 0 Å². The van der Waals surface area contributed by atoms with Crippen LogP contribution in [0.15, 0.2) is 0 Å². The number of nitrogens with one attached hydrogen (secondary N) is 1. The monoisotopic (exact) mass is 202 g/mol. The Hall–Kier alpha value is 0.270. The smallest absolute Gasteiger partial charge is 0.00722 e. The molecule has 13 heavy (non-hydrogen) atoms. The third kappa shape index (κ3) is 4.34. The van der Waals surface area contributed by atoms with Crippen LogP contribution in [0, 0.1) is 5.92 Å². The first-order valence-corrected chi connectivity index (χ1v) is 6.62. The number of thioether (sulfide) groups is 1. The fourth-order valence-electron chi connectivity index (χ4n) is 1.92. The number of hydrogen-bond donors (Lipinski definition) is 1. The molecule has 1 aliphatic rings. The summed E-state index contributed by atoms with van der Waals surface area (Å²) in [6.07, 6.45) is 4.96. The van der Waals surface area contributed by atoms with Crippen LogP contribution in [-0.4, -0.2) is 50.1 Å². The zero-order valence-corrected chi connectivity index (χ0v) is 9.70. The topological polar surface area (TPSA) is 15.3 Å². The molecule has 0 atom stereocenters. The normalized spacial score (nSPS) is 20.8. The van der Waals surface area contributed by atoms with Crippen LogP contribution >= 0.6 is 11.8 Å². The quantitative estimate of drug-likeness (QED) is 0.723. The van der Waals surface area contributed by atoms with E-state index in [1.165, 1.54) is 44.8 Å². The molecule has 0 aromatic heterocycles. The Kier molecular flexibility index (Phi) is 5.83. The van der Waals surface area contributed by atoms with E-state index in [4.69, 9.17) is 0 Å². The van der Waals surface area contributed by atoms with Crippen LogP contribution in [0.2, 0.25) is 0 Å². The molecule has 0 amide bonds. The van der Waals surface area contributed by atoms with Gasteiger partial charge >= 0.3 is 0 Å². The largest absolute Gasteiger partial charge is 0.319 e. The van der Waals surface area contributed by atoms with E-state index in [9.17, 15) is 0 Å². The molecule has 0 bridgehead atoms. The van der Waals surface area contributed by atoms with Crippen molar-refractivity contribution in [2.75, 3.05) is 45.2 Å². The molecule has 1 aliphatic heterocycles. The van der Waals surface area contributed by atoms with Crippen LogP contribution in [0.3, 0.4) is 0 Å². The summed E-state index contributed by atoms with van der Waals surface area (Å²) in [6, 6.07) is 0.